The number of benzene rings is 2. The summed E-state index contributed by atoms with van der Waals surface area (Å²) in [6, 6.07) is 13.4. The molecule has 0 atom stereocenters. The number of hydrogen-bond acceptors (Lipinski definition) is 7. The number of fused-ring (bicyclic) bond motifs is 1. The quantitative estimate of drug-likeness (QED) is 0.688. The minimum atomic E-state index is 0.262. The van der Waals surface area contributed by atoms with Gasteiger partial charge in [0.05, 0.1) is 6.20 Å². The van der Waals surface area contributed by atoms with Crippen molar-refractivity contribution in [3.05, 3.63) is 64.8 Å². The predicted molar refractivity (Wildman–Crippen MR) is 98.5 cm³/mol. The van der Waals surface area contributed by atoms with Gasteiger partial charge in [0.2, 0.25) is 12.7 Å². The molecule has 7 nitrogen and oxygen atoms in total. The average molecular weight is 370 g/mol. The lowest BCUT2D eigenvalue weighted by Gasteiger charge is -2.09. The largest absolute Gasteiger partial charge is 0.454 e. The number of halogens is 1. The second kappa shape index (κ2) is 7.45. The number of nitrogens with one attached hydrogen (secondary N) is 2. The number of anilines is 2. The number of rotatable bonds is 6. The third-order valence-corrected chi connectivity index (χ3v) is 4.23. The molecule has 4 rings (SSSR count). The molecule has 0 bridgehead atoms. The van der Waals surface area contributed by atoms with Crippen LogP contribution in [0.15, 0.2) is 48.7 Å². The summed E-state index contributed by atoms with van der Waals surface area (Å²) in [4.78, 5) is 4.41. The Morgan fingerprint density at radius 2 is 1.88 bits per heavy atom. The SMILES string of the molecule is Clc1ccccc1CNc1cnnc(NCc2ccc3c(c2)OCO3)n1. The molecule has 0 spiro atoms. The first-order chi connectivity index (χ1) is 12.8. The topological polar surface area (TPSA) is 81.2 Å². The summed E-state index contributed by atoms with van der Waals surface area (Å²) < 4.78 is 10.7. The molecule has 0 unspecified atom stereocenters. The minimum Gasteiger partial charge on any atom is -0.454 e. The van der Waals surface area contributed by atoms with Crippen LogP contribution in [0.25, 0.3) is 0 Å². The fraction of sp³-hybridized carbons (Fsp3) is 0.167. The predicted octanol–water partition coefficient (Wildman–Crippen LogP) is 3.48. The minimum absolute atomic E-state index is 0.262. The van der Waals surface area contributed by atoms with Crippen LogP contribution < -0.4 is 20.1 Å². The van der Waals surface area contributed by atoms with Gasteiger partial charge in [0.15, 0.2) is 17.3 Å². The second-order valence-corrected chi connectivity index (χ2v) is 6.06. The number of aromatic nitrogens is 3. The summed E-state index contributed by atoms with van der Waals surface area (Å²) in [6.45, 7) is 1.37. The lowest BCUT2D eigenvalue weighted by atomic mass is 10.2. The van der Waals surface area contributed by atoms with E-state index in [2.05, 4.69) is 25.8 Å². The van der Waals surface area contributed by atoms with Crippen molar-refractivity contribution in [3.63, 3.8) is 0 Å². The van der Waals surface area contributed by atoms with Gasteiger partial charge in [-0.2, -0.15) is 10.1 Å². The molecular formula is C18H16ClN5O2. The van der Waals surface area contributed by atoms with Gasteiger partial charge in [-0.3, -0.25) is 0 Å². The molecule has 0 fully saturated rings. The van der Waals surface area contributed by atoms with Gasteiger partial charge >= 0.3 is 0 Å². The maximum absolute atomic E-state index is 6.16. The van der Waals surface area contributed by atoms with Crippen LogP contribution in [0.4, 0.5) is 11.8 Å². The van der Waals surface area contributed by atoms with Crippen LogP contribution in [0.2, 0.25) is 5.02 Å². The molecule has 0 saturated heterocycles. The first-order valence-corrected chi connectivity index (χ1v) is 8.45. The van der Waals surface area contributed by atoms with E-state index in [-0.39, 0.29) is 6.79 Å². The monoisotopic (exact) mass is 369 g/mol. The fourth-order valence-electron chi connectivity index (χ4n) is 2.52. The number of hydrogen-bond donors (Lipinski definition) is 2. The molecule has 0 amide bonds. The zero-order valence-corrected chi connectivity index (χ0v) is 14.5. The van der Waals surface area contributed by atoms with Crippen LogP contribution in [0.3, 0.4) is 0 Å². The first kappa shape index (κ1) is 16.4. The third-order valence-electron chi connectivity index (χ3n) is 3.86. The van der Waals surface area contributed by atoms with Crippen molar-refractivity contribution >= 4 is 23.4 Å². The number of ether oxygens (including phenoxy) is 2. The van der Waals surface area contributed by atoms with Crippen molar-refractivity contribution in [2.75, 3.05) is 17.4 Å². The van der Waals surface area contributed by atoms with Crippen molar-refractivity contribution < 1.29 is 9.47 Å². The Morgan fingerprint density at radius 1 is 1.00 bits per heavy atom. The van der Waals surface area contributed by atoms with Crippen LogP contribution in [-0.2, 0) is 13.1 Å². The molecule has 26 heavy (non-hydrogen) atoms. The molecule has 2 heterocycles. The van der Waals surface area contributed by atoms with Gasteiger partial charge < -0.3 is 20.1 Å². The summed E-state index contributed by atoms with van der Waals surface area (Å²) in [5.41, 5.74) is 2.02. The van der Waals surface area contributed by atoms with Gasteiger partial charge in [-0.1, -0.05) is 35.9 Å². The second-order valence-electron chi connectivity index (χ2n) is 5.65. The zero-order chi connectivity index (χ0) is 17.8. The highest BCUT2D eigenvalue weighted by atomic mass is 35.5. The van der Waals surface area contributed by atoms with Crippen LogP contribution >= 0.6 is 11.6 Å². The van der Waals surface area contributed by atoms with Crippen LogP contribution in [0.5, 0.6) is 11.5 Å². The van der Waals surface area contributed by atoms with Crippen LogP contribution in [0, 0.1) is 0 Å². The summed E-state index contributed by atoms with van der Waals surface area (Å²) in [5.74, 6) is 2.57. The summed E-state index contributed by atoms with van der Waals surface area (Å²) >= 11 is 6.16. The first-order valence-electron chi connectivity index (χ1n) is 8.07. The summed E-state index contributed by atoms with van der Waals surface area (Å²) in [6.07, 6.45) is 1.57. The van der Waals surface area contributed by atoms with Gasteiger partial charge in [-0.15, -0.1) is 5.10 Å². The molecular weight excluding hydrogens is 354 g/mol. The maximum Gasteiger partial charge on any atom is 0.244 e. The van der Waals surface area contributed by atoms with E-state index >= 15 is 0 Å². The lowest BCUT2D eigenvalue weighted by Crippen LogP contribution is -2.08. The van der Waals surface area contributed by atoms with E-state index in [0.29, 0.717) is 29.9 Å². The van der Waals surface area contributed by atoms with E-state index in [0.717, 1.165) is 22.6 Å². The average Bonchev–Trinajstić information content (AvgIpc) is 3.14. The van der Waals surface area contributed by atoms with Gasteiger partial charge in [-0.05, 0) is 29.3 Å². The van der Waals surface area contributed by atoms with Gasteiger partial charge in [0.25, 0.3) is 0 Å². The lowest BCUT2D eigenvalue weighted by molar-refractivity contribution is 0.174. The van der Waals surface area contributed by atoms with E-state index in [4.69, 9.17) is 21.1 Å². The molecule has 8 heteroatoms. The molecule has 132 valence electrons. The third kappa shape index (κ3) is 3.78. The van der Waals surface area contributed by atoms with Crippen molar-refractivity contribution in [1.82, 2.24) is 15.2 Å². The van der Waals surface area contributed by atoms with Crippen LogP contribution in [0.1, 0.15) is 11.1 Å². The highest BCUT2D eigenvalue weighted by Crippen LogP contribution is 2.32. The molecule has 1 aliphatic heterocycles. The normalized spacial score (nSPS) is 12.0. The van der Waals surface area contributed by atoms with E-state index in [1.165, 1.54) is 0 Å². The Labute approximate surface area is 155 Å². The standard InChI is InChI=1S/C18H16ClN5O2/c19-14-4-2-1-3-13(14)9-20-17-10-22-24-18(23-17)21-8-12-5-6-15-16(7-12)26-11-25-15/h1-7,10H,8-9,11H2,(H2,20,21,23,24). The number of nitrogens with zero attached hydrogens (tertiary/aromatic N) is 3. The van der Waals surface area contributed by atoms with E-state index in [9.17, 15) is 0 Å². The Balaban J connectivity index is 1.37. The van der Waals surface area contributed by atoms with E-state index in [1.54, 1.807) is 6.20 Å². The van der Waals surface area contributed by atoms with Crippen molar-refractivity contribution in [2.45, 2.75) is 13.1 Å². The molecule has 2 aromatic carbocycles. The molecule has 1 aliphatic rings. The Bertz CT molecular complexity index is 922. The zero-order valence-electron chi connectivity index (χ0n) is 13.8. The summed E-state index contributed by atoms with van der Waals surface area (Å²) in [7, 11) is 0. The molecule has 2 N–H and O–H groups in total. The van der Waals surface area contributed by atoms with Crippen molar-refractivity contribution in [3.8, 4) is 11.5 Å². The fourth-order valence-corrected chi connectivity index (χ4v) is 2.73. The van der Waals surface area contributed by atoms with Crippen molar-refractivity contribution in [1.29, 1.82) is 0 Å². The van der Waals surface area contributed by atoms with E-state index in [1.807, 2.05) is 42.5 Å². The van der Waals surface area contributed by atoms with Gasteiger partial charge in [0.1, 0.15) is 0 Å². The molecule has 0 aliphatic carbocycles. The van der Waals surface area contributed by atoms with Gasteiger partial charge in [-0.25, -0.2) is 0 Å². The smallest absolute Gasteiger partial charge is 0.244 e. The molecule has 0 radical (unpaired) electrons. The van der Waals surface area contributed by atoms with Gasteiger partial charge in [0, 0.05) is 18.1 Å². The Kier molecular flexibility index (Phi) is 4.70. The van der Waals surface area contributed by atoms with Crippen molar-refractivity contribution in [2.24, 2.45) is 0 Å². The molecule has 3 aromatic rings. The molecule has 1 aromatic heterocycles. The van der Waals surface area contributed by atoms with E-state index < -0.39 is 0 Å². The highest BCUT2D eigenvalue weighted by Gasteiger charge is 2.13. The Hall–Kier alpha value is -3.06. The summed E-state index contributed by atoms with van der Waals surface area (Å²) in [5, 5.41) is 15.0. The Morgan fingerprint density at radius 3 is 2.81 bits per heavy atom. The highest BCUT2D eigenvalue weighted by molar-refractivity contribution is 6.31. The molecule has 0 saturated carbocycles. The van der Waals surface area contributed by atoms with Crippen LogP contribution in [-0.4, -0.2) is 22.0 Å². The maximum atomic E-state index is 6.16.